The van der Waals surface area contributed by atoms with Crippen molar-refractivity contribution >= 4 is 17.5 Å². The summed E-state index contributed by atoms with van der Waals surface area (Å²) in [5.74, 6) is -0.313. The second-order valence-electron chi connectivity index (χ2n) is 6.44. The number of hydrogen-bond donors (Lipinski definition) is 1. The lowest BCUT2D eigenvalue weighted by molar-refractivity contribution is -0.143. The molecular formula is C17H23N3O2. The van der Waals surface area contributed by atoms with Crippen LogP contribution in [-0.2, 0) is 15.0 Å². The molecule has 5 nitrogen and oxygen atoms in total. The molecule has 1 aromatic rings. The lowest BCUT2D eigenvalue weighted by atomic mass is 9.79. The Bertz CT molecular complexity index is 575. The van der Waals surface area contributed by atoms with Crippen molar-refractivity contribution in [2.75, 3.05) is 31.6 Å². The summed E-state index contributed by atoms with van der Waals surface area (Å²) in [5, 5.41) is 0. The molecule has 0 aromatic heterocycles. The van der Waals surface area contributed by atoms with E-state index < -0.39 is 0 Å². The number of carbonyl (C=O) groups is 2. The van der Waals surface area contributed by atoms with Crippen molar-refractivity contribution in [1.82, 2.24) is 4.90 Å². The van der Waals surface area contributed by atoms with Gasteiger partial charge in [0.15, 0.2) is 0 Å². The van der Waals surface area contributed by atoms with Crippen molar-refractivity contribution in [2.24, 2.45) is 5.73 Å². The van der Waals surface area contributed by atoms with Crippen LogP contribution in [0.1, 0.15) is 31.2 Å². The minimum absolute atomic E-state index is 0.0661. The number of anilines is 1. The summed E-state index contributed by atoms with van der Waals surface area (Å²) in [6, 6.07) is 8.22. The second kappa shape index (κ2) is 5.72. The fourth-order valence-electron chi connectivity index (χ4n) is 3.61. The second-order valence-corrected chi connectivity index (χ2v) is 6.44. The number of benzene rings is 1. The first-order valence-electron chi connectivity index (χ1n) is 7.91. The van der Waals surface area contributed by atoms with Crippen LogP contribution in [0.2, 0.25) is 0 Å². The number of nitrogens with two attached hydrogens (primary N) is 1. The zero-order valence-electron chi connectivity index (χ0n) is 13.0. The first-order valence-corrected chi connectivity index (χ1v) is 7.91. The van der Waals surface area contributed by atoms with Gasteiger partial charge < -0.3 is 10.6 Å². The van der Waals surface area contributed by atoms with E-state index in [1.165, 1.54) is 23.3 Å². The molecule has 1 saturated carbocycles. The number of nitrogens with zero attached hydrogens (tertiary/aromatic N) is 2. The highest BCUT2D eigenvalue weighted by Gasteiger charge is 2.35. The van der Waals surface area contributed by atoms with Gasteiger partial charge in [0.05, 0.1) is 13.1 Å². The lowest BCUT2D eigenvalue weighted by Crippen LogP contribution is -2.52. The topological polar surface area (TPSA) is 66.6 Å². The van der Waals surface area contributed by atoms with E-state index in [-0.39, 0.29) is 30.3 Å². The smallest absolute Gasteiger partial charge is 0.248 e. The van der Waals surface area contributed by atoms with Gasteiger partial charge >= 0.3 is 0 Å². The zero-order chi connectivity index (χ0) is 15.7. The maximum absolute atomic E-state index is 11.9. The third-order valence-corrected chi connectivity index (χ3v) is 5.18. The summed E-state index contributed by atoms with van der Waals surface area (Å²) in [6.07, 6.45) is 4.67. The van der Waals surface area contributed by atoms with E-state index in [0.717, 1.165) is 18.5 Å². The summed E-state index contributed by atoms with van der Waals surface area (Å²) in [4.78, 5) is 26.8. The first-order chi connectivity index (χ1) is 10.6. The summed E-state index contributed by atoms with van der Waals surface area (Å²) in [5.41, 5.74) is 8.31. The molecule has 5 heteroatoms. The monoisotopic (exact) mass is 301 g/mol. The van der Waals surface area contributed by atoms with Crippen molar-refractivity contribution in [3.63, 3.8) is 0 Å². The average molecular weight is 301 g/mol. The normalized spacial score (nSPS) is 21.5. The Kier molecular flexibility index (Phi) is 3.91. The Labute approximate surface area is 131 Å². The van der Waals surface area contributed by atoms with E-state index in [1.54, 1.807) is 7.05 Å². The molecule has 22 heavy (non-hydrogen) atoms. The number of likely N-dealkylation sites (N-methyl/N-ethyl adjacent to an activating group) is 1. The molecule has 2 aliphatic rings. The van der Waals surface area contributed by atoms with Crippen LogP contribution in [-0.4, -0.2) is 43.4 Å². The first kappa shape index (κ1) is 15.0. The molecule has 0 radical (unpaired) electrons. The van der Waals surface area contributed by atoms with E-state index in [2.05, 4.69) is 12.1 Å². The Morgan fingerprint density at radius 3 is 2.36 bits per heavy atom. The molecule has 0 spiro atoms. The average Bonchev–Trinajstić information content (AvgIpc) is 3.02. The van der Waals surface area contributed by atoms with Crippen LogP contribution in [0, 0.1) is 0 Å². The molecule has 118 valence electrons. The molecule has 1 aliphatic heterocycles. The fourth-order valence-corrected chi connectivity index (χ4v) is 3.61. The zero-order valence-corrected chi connectivity index (χ0v) is 13.0. The van der Waals surface area contributed by atoms with Gasteiger partial charge in [-0.3, -0.25) is 14.5 Å². The van der Waals surface area contributed by atoms with Gasteiger partial charge in [-0.1, -0.05) is 25.0 Å². The summed E-state index contributed by atoms with van der Waals surface area (Å²) < 4.78 is 0. The van der Waals surface area contributed by atoms with Gasteiger partial charge in [0.1, 0.15) is 0 Å². The van der Waals surface area contributed by atoms with Gasteiger partial charge in [-0.25, -0.2) is 0 Å². The molecule has 1 saturated heterocycles. The number of rotatable bonds is 3. The Hall–Kier alpha value is -1.88. The minimum Gasteiger partial charge on any atom is -0.353 e. The Morgan fingerprint density at radius 2 is 1.77 bits per heavy atom. The fraction of sp³-hybridized carbons (Fsp3) is 0.529. The quantitative estimate of drug-likeness (QED) is 0.854. The molecule has 2 fully saturated rings. The highest BCUT2D eigenvalue weighted by Crippen LogP contribution is 2.41. The Morgan fingerprint density at radius 1 is 1.14 bits per heavy atom. The van der Waals surface area contributed by atoms with E-state index >= 15 is 0 Å². The molecule has 0 bridgehead atoms. The lowest BCUT2D eigenvalue weighted by Gasteiger charge is -2.34. The molecule has 3 rings (SSSR count). The number of hydrogen-bond acceptors (Lipinski definition) is 4. The summed E-state index contributed by atoms with van der Waals surface area (Å²) >= 11 is 0. The van der Waals surface area contributed by atoms with Gasteiger partial charge in [-0.15, -0.1) is 0 Å². The molecule has 1 aliphatic carbocycles. The van der Waals surface area contributed by atoms with Crippen molar-refractivity contribution < 1.29 is 9.59 Å². The predicted octanol–water partition coefficient (Wildman–Crippen LogP) is 1.26. The van der Waals surface area contributed by atoms with E-state index in [4.69, 9.17) is 5.73 Å². The van der Waals surface area contributed by atoms with E-state index in [0.29, 0.717) is 6.54 Å². The number of imide groups is 1. The molecule has 2 N–H and O–H groups in total. The third-order valence-electron chi connectivity index (χ3n) is 5.18. The maximum atomic E-state index is 11.9. The molecular weight excluding hydrogens is 278 g/mol. The van der Waals surface area contributed by atoms with Crippen LogP contribution in [0.5, 0.6) is 0 Å². The van der Waals surface area contributed by atoms with Gasteiger partial charge in [0.25, 0.3) is 0 Å². The van der Waals surface area contributed by atoms with Crippen LogP contribution < -0.4 is 10.6 Å². The molecule has 0 atom stereocenters. The minimum atomic E-state index is -0.156. The summed E-state index contributed by atoms with van der Waals surface area (Å²) in [6.45, 7) is 1.15. The van der Waals surface area contributed by atoms with Gasteiger partial charge in [-0.05, 0) is 30.5 Å². The Balaban J connectivity index is 1.88. The van der Waals surface area contributed by atoms with Gasteiger partial charge in [0.2, 0.25) is 11.8 Å². The van der Waals surface area contributed by atoms with Crippen LogP contribution >= 0.6 is 0 Å². The van der Waals surface area contributed by atoms with E-state index in [9.17, 15) is 9.59 Å². The maximum Gasteiger partial charge on any atom is 0.248 e. The molecule has 0 unspecified atom stereocenters. The van der Waals surface area contributed by atoms with Crippen molar-refractivity contribution in [3.05, 3.63) is 29.8 Å². The van der Waals surface area contributed by atoms with Crippen molar-refractivity contribution in [1.29, 1.82) is 0 Å². The number of piperazine rings is 1. The van der Waals surface area contributed by atoms with Gasteiger partial charge in [-0.2, -0.15) is 0 Å². The number of amides is 2. The largest absolute Gasteiger partial charge is 0.353 e. The SMILES string of the molecule is CN1C(=O)CN(c2cccc(C3(CN)CCCC3)c2)CC1=O. The van der Waals surface area contributed by atoms with Gasteiger partial charge in [0, 0.05) is 24.7 Å². The highest BCUT2D eigenvalue weighted by molar-refractivity contribution is 6.02. The molecule has 1 heterocycles. The predicted molar refractivity (Wildman–Crippen MR) is 85.6 cm³/mol. The van der Waals surface area contributed by atoms with Crippen molar-refractivity contribution in [2.45, 2.75) is 31.1 Å². The van der Waals surface area contributed by atoms with Crippen molar-refractivity contribution in [3.8, 4) is 0 Å². The van der Waals surface area contributed by atoms with E-state index in [1.807, 2.05) is 17.0 Å². The van der Waals surface area contributed by atoms with Crippen LogP contribution in [0.15, 0.2) is 24.3 Å². The highest BCUT2D eigenvalue weighted by atomic mass is 16.2. The van der Waals surface area contributed by atoms with Crippen LogP contribution in [0.25, 0.3) is 0 Å². The number of carbonyl (C=O) groups excluding carboxylic acids is 2. The molecule has 2 amide bonds. The van der Waals surface area contributed by atoms with Crippen LogP contribution in [0.3, 0.4) is 0 Å². The standard InChI is InChI=1S/C17H23N3O2/c1-19-15(21)10-20(11-16(19)22)14-6-4-5-13(9-14)17(12-18)7-2-3-8-17/h4-6,9H,2-3,7-8,10-12,18H2,1H3. The summed E-state index contributed by atoms with van der Waals surface area (Å²) in [7, 11) is 1.54. The third kappa shape index (κ3) is 2.50. The van der Waals surface area contributed by atoms with Crippen LogP contribution in [0.4, 0.5) is 5.69 Å². The molecule has 1 aromatic carbocycles.